The molecule has 31 heavy (non-hydrogen) atoms. The minimum atomic E-state index is 0. The van der Waals surface area contributed by atoms with Crippen LogP contribution in [0.3, 0.4) is 0 Å². The van der Waals surface area contributed by atoms with E-state index in [0.29, 0.717) is 25.7 Å². The summed E-state index contributed by atoms with van der Waals surface area (Å²) < 4.78 is 5.84. The fourth-order valence-corrected chi connectivity index (χ4v) is 3.43. The van der Waals surface area contributed by atoms with Gasteiger partial charge in [0.25, 0.3) is 0 Å². The van der Waals surface area contributed by atoms with Crippen molar-refractivity contribution in [2.45, 2.75) is 39.5 Å². The molecule has 0 aliphatic carbocycles. The first-order valence-electron chi connectivity index (χ1n) is 10.7. The van der Waals surface area contributed by atoms with Gasteiger partial charge in [-0.2, -0.15) is 0 Å². The van der Waals surface area contributed by atoms with Crippen molar-refractivity contribution >= 4 is 35.8 Å². The van der Waals surface area contributed by atoms with Gasteiger partial charge in [0.1, 0.15) is 0 Å². The van der Waals surface area contributed by atoms with Crippen molar-refractivity contribution in [3.63, 3.8) is 0 Å². The molecule has 1 fully saturated rings. The fourth-order valence-electron chi connectivity index (χ4n) is 3.43. The number of nitrogens with one attached hydrogen (secondary N) is 2. The molecule has 3 rings (SSSR count). The zero-order valence-electron chi connectivity index (χ0n) is 18.2. The average Bonchev–Trinajstić information content (AvgIpc) is 3.32. The van der Waals surface area contributed by atoms with E-state index in [0.717, 1.165) is 43.6 Å². The van der Waals surface area contributed by atoms with Crippen molar-refractivity contribution in [1.82, 2.24) is 15.5 Å². The van der Waals surface area contributed by atoms with Crippen LogP contribution in [0, 0.1) is 0 Å². The Balaban J connectivity index is 0.00000341. The number of amides is 1. The van der Waals surface area contributed by atoms with Crippen molar-refractivity contribution < 1.29 is 9.53 Å². The number of guanidine groups is 1. The van der Waals surface area contributed by atoms with Gasteiger partial charge in [0.05, 0.1) is 26.3 Å². The molecule has 0 radical (unpaired) electrons. The third-order valence-electron chi connectivity index (χ3n) is 5.00. The second-order valence-electron chi connectivity index (χ2n) is 7.43. The molecular formula is C24H33IN4O2. The third kappa shape index (κ3) is 8.86. The Kier molecular flexibility index (Phi) is 11.4. The molecule has 0 bridgehead atoms. The smallest absolute Gasteiger partial charge is 0.241 e. The summed E-state index contributed by atoms with van der Waals surface area (Å²) in [4.78, 5) is 18.8. The van der Waals surface area contributed by atoms with Crippen LogP contribution in [0.5, 0.6) is 0 Å². The monoisotopic (exact) mass is 536 g/mol. The number of hydrogen-bond donors (Lipinski definition) is 2. The van der Waals surface area contributed by atoms with Gasteiger partial charge < -0.3 is 20.3 Å². The normalized spacial score (nSPS) is 13.6. The summed E-state index contributed by atoms with van der Waals surface area (Å²) in [5.41, 5.74) is 3.41. The summed E-state index contributed by atoms with van der Waals surface area (Å²) >= 11 is 0. The third-order valence-corrected chi connectivity index (χ3v) is 5.00. The maximum absolute atomic E-state index is 12.2. The van der Waals surface area contributed by atoms with Crippen LogP contribution in [0.15, 0.2) is 59.6 Å². The molecule has 0 atom stereocenters. The number of carbonyl (C=O) groups excluding carboxylic acids is 1. The minimum Gasteiger partial charge on any atom is -0.372 e. The van der Waals surface area contributed by atoms with Crippen LogP contribution in [0.4, 0.5) is 0 Å². The average molecular weight is 536 g/mol. The summed E-state index contributed by atoms with van der Waals surface area (Å²) in [5, 5.41) is 6.37. The second kappa shape index (κ2) is 14.0. The maximum Gasteiger partial charge on any atom is 0.241 e. The van der Waals surface area contributed by atoms with Gasteiger partial charge in [-0.15, -0.1) is 24.0 Å². The number of ether oxygens (including phenoxy) is 1. The summed E-state index contributed by atoms with van der Waals surface area (Å²) in [6, 6.07) is 18.4. The predicted molar refractivity (Wildman–Crippen MR) is 135 cm³/mol. The fraction of sp³-hybridized carbons (Fsp3) is 0.417. The molecule has 1 saturated heterocycles. The summed E-state index contributed by atoms with van der Waals surface area (Å²) in [5.74, 6) is 0.798. The second-order valence-corrected chi connectivity index (χ2v) is 7.43. The Morgan fingerprint density at radius 3 is 2.39 bits per heavy atom. The van der Waals surface area contributed by atoms with Crippen molar-refractivity contribution in [3.8, 4) is 0 Å². The van der Waals surface area contributed by atoms with Crippen LogP contribution >= 0.6 is 24.0 Å². The Morgan fingerprint density at radius 2 is 1.65 bits per heavy atom. The molecule has 2 aromatic rings. The lowest BCUT2D eigenvalue weighted by molar-refractivity contribution is -0.128. The lowest BCUT2D eigenvalue weighted by Crippen LogP contribution is -2.44. The van der Waals surface area contributed by atoms with E-state index >= 15 is 0 Å². The Morgan fingerprint density at radius 1 is 0.968 bits per heavy atom. The van der Waals surface area contributed by atoms with Gasteiger partial charge in [-0.1, -0.05) is 54.6 Å². The number of carbonyl (C=O) groups is 1. The summed E-state index contributed by atoms with van der Waals surface area (Å²) in [7, 11) is 0. The molecule has 6 nitrogen and oxygen atoms in total. The van der Waals surface area contributed by atoms with Crippen molar-refractivity contribution in [2.75, 3.05) is 26.2 Å². The van der Waals surface area contributed by atoms with Crippen molar-refractivity contribution in [1.29, 1.82) is 0 Å². The summed E-state index contributed by atoms with van der Waals surface area (Å²) in [6.45, 7) is 6.48. The molecule has 7 heteroatoms. The lowest BCUT2D eigenvalue weighted by atomic mass is 10.1. The Labute approximate surface area is 202 Å². The first-order valence-corrected chi connectivity index (χ1v) is 10.7. The first-order chi connectivity index (χ1) is 14.7. The van der Waals surface area contributed by atoms with E-state index in [9.17, 15) is 4.79 Å². The van der Waals surface area contributed by atoms with Gasteiger partial charge in [-0.3, -0.25) is 4.79 Å². The molecule has 0 spiro atoms. The molecule has 1 aliphatic rings. The topological polar surface area (TPSA) is 66.0 Å². The number of hydrogen-bond acceptors (Lipinski definition) is 3. The highest BCUT2D eigenvalue weighted by molar-refractivity contribution is 14.0. The van der Waals surface area contributed by atoms with Gasteiger partial charge in [0.2, 0.25) is 5.91 Å². The van der Waals surface area contributed by atoms with Crippen molar-refractivity contribution in [3.05, 3.63) is 71.3 Å². The number of benzene rings is 2. The van der Waals surface area contributed by atoms with E-state index in [2.05, 4.69) is 46.0 Å². The van der Waals surface area contributed by atoms with Crippen LogP contribution in [-0.2, 0) is 29.3 Å². The SMILES string of the molecule is CCNC(=NCc1cccc(COCc2ccccc2)c1)NCC(=O)N1CCCC1.I. The maximum atomic E-state index is 12.2. The van der Waals surface area contributed by atoms with E-state index < -0.39 is 0 Å². The molecule has 2 N–H and O–H groups in total. The van der Waals surface area contributed by atoms with E-state index in [1.165, 1.54) is 5.56 Å². The van der Waals surface area contributed by atoms with Gasteiger partial charge in [-0.05, 0) is 36.5 Å². The highest BCUT2D eigenvalue weighted by Gasteiger charge is 2.17. The lowest BCUT2D eigenvalue weighted by Gasteiger charge is -2.17. The van der Waals surface area contributed by atoms with Crippen LogP contribution in [0.25, 0.3) is 0 Å². The zero-order valence-corrected chi connectivity index (χ0v) is 20.5. The van der Waals surface area contributed by atoms with Crippen LogP contribution in [0.2, 0.25) is 0 Å². The predicted octanol–water partition coefficient (Wildman–Crippen LogP) is 3.70. The minimum absolute atomic E-state index is 0. The zero-order chi connectivity index (χ0) is 21.0. The highest BCUT2D eigenvalue weighted by Crippen LogP contribution is 2.10. The first kappa shape index (κ1) is 25.1. The standard InChI is InChI=1S/C24H32N4O2.HI/c1-2-25-24(27-17-23(29)28-13-6-7-14-28)26-16-21-11-8-12-22(15-21)19-30-18-20-9-4-3-5-10-20;/h3-5,8-12,15H,2,6-7,13-14,16-19H2,1H3,(H2,25,26,27);1H. The van der Waals surface area contributed by atoms with Crippen LogP contribution in [-0.4, -0.2) is 42.9 Å². The van der Waals surface area contributed by atoms with Crippen LogP contribution < -0.4 is 10.6 Å². The molecule has 168 valence electrons. The van der Waals surface area contributed by atoms with E-state index in [-0.39, 0.29) is 36.4 Å². The number of nitrogens with zero attached hydrogens (tertiary/aromatic N) is 2. The molecule has 1 heterocycles. The number of aliphatic imine (C=N–C) groups is 1. The largest absolute Gasteiger partial charge is 0.372 e. The molecule has 2 aromatic carbocycles. The molecular weight excluding hydrogens is 503 g/mol. The van der Waals surface area contributed by atoms with Crippen LogP contribution in [0.1, 0.15) is 36.5 Å². The number of halogens is 1. The molecule has 1 amide bonds. The molecule has 0 aromatic heterocycles. The van der Waals surface area contributed by atoms with Gasteiger partial charge in [0, 0.05) is 19.6 Å². The number of likely N-dealkylation sites (tertiary alicyclic amines) is 1. The molecule has 0 saturated carbocycles. The number of rotatable bonds is 9. The van der Waals surface area contributed by atoms with Gasteiger partial charge >= 0.3 is 0 Å². The van der Waals surface area contributed by atoms with Gasteiger partial charge in [0.15, 0.2) is 5.96 Å². The quantitative estimate of drug-likeness (QED) is 0.292. The molecule has 1 aliphatic heterocycles. The van der Waals surface area contributed by atoms with Crippen molar-refractivity contribution in [2.24, 2.45) is 4.99 Å². The Hall–Kier alpha value is -2.13. The highest BCUT2D eigenvalue weighted by atomic mass is 127. The van der Waals surface area contributed by atoms with E-state index in [1.54, 1.807) is 0 Å². The molecule has 0 unspecified atom stereocenters. The van der Waals surface area contributed by atoms with E-state index in [4.69, 9.17) is 4.74 Å². The summed E-state index contributed by atoms with van der Waals surface area (Å²) in [6.07, 6.45) is 2.20. The van der Waals surface area contributed by atoms with Gasteiger partial charge in [-0.25, -0.2) is 4.99 Å². The Bertz CT molecular complexity index is 823. The van der Waals surface area contributed by atoms with E-state index in [1.807, 2.05) is 36.1 Å².